The van der Waals surface area contributed by atoms with E-state index < -0.39 is 11.9 Å². The van der Waals surface area contributed by atoms with Crippen molar-refractivity contribution in [2.45, 2.75) is 168 Å². The van der Waals surface area contributed by atoms with Gasteiger partial charge in [-0.15, -0.1) is 0 Å². The van der Waals surface area contributed by atoms with Gasteiger partial charge in [0.15, 0.2) is 0 Å². The second-order valence-electron chi connectivity index (χ2n) is 10.7. The van der Waals surface area contributed by atoms with Crippen molar-refractivity contribution < 1.29 is 19.8 Å². The van der Waals surface area contributed by atoms with Gasteiger partial charge in [0.05, 0.1) is 0 Å². The maximum atomic E-state index is 10.2. The molecule has 4 nitrogen and oxygen atoms in total. The number of rotatable bonds is 28. The summed E-state index contributed by atoms with van der Waals surface area (Å²) in [6.07, 6.45) is 43.9. The van der Waals surface area contributed by atoms with Crippen LogP contribution in [0.25, 0.3) is 0 Å². The van der Waals surface area contributed by atoms with Crippen molar-refractivity contribution in [2.24, 2.45) is 0 Å². The first-order valence-electron chi connectivity index (χ1n) is 16.5. The van der Waals surface area contributed by atoms with Gasteiger partial charge in [-0.25, -0.2) is 0 Å². The molecule has 0 aromatic carbocycles. The summed E-state index contributed by atoms with van der Waals surface area (Å²) in [6, 6.07) is 0. The standard InChI is InChI=1S/2C18H32O2.Sr/c2*1-2-3-4-5-6-7-8-9-10-11-12-13-14-15-16-17-18(19)20;/h2*6-7,9-10H,2-5,8,11-17H2,1H3,(H,19,20);/q;;+2/p-2/b2*7-6-,10-9-;. The van der Waals surface area contributed by atoms with Gasteiger partial charge >= 0.3 is 45.5 Å². The summed E-state index contributed by atoms with van der Waals surface area (Å²) in [5.41, 5.74) is 0. The smallest absolute Gasteiger partial charge is 0.550 e. The summed E-state index contributed by atoms with van der Waals surface area (Å²) in [4.78, 5) is 20.4. The van der Waals surface area contributed by atoms with Crippen LogP contribution >= 0.6 is 0 Å². The second-order valence-corrected chi connectivity index (χ2v) is 10.7. The molecule has 5 heteroatoms. The predicted octanol–water partition coefficient (Wildman–Crippen LogP) is 8.72. The Bertz CT molecular complexity index is 596. The molecule has 0 rings (SSSR count). The van der Waals surface area contributed by atoms with E-state index >= 15 is 0 Å². The molecule has 0 fully saturated rings. The monoisotopic (exact) mass is 646 g/mol. The number of carboxylic acids is 2. The number of carboxylic acid groups (broad SMARTS) is 2. The van der Waals surface area contributed by atoms with Crippen LogP contribution in [0.15, 0.2) is 48.6 Å². The molecule has 0 heterocycles. The first-order valence-corrected chi connectivity index (χ1v) is 16.5. The summed E-state index contributed by atoms with van der Waals surface area (Å²) in [6.45, 7) is 4.46. The maximum absolute atomic E-state index is 10.2. The van der Waals surface area contributed by atoms with Crippen LogP contribution in [0.2, 0.25) is 0 Å². The molecule has 0 unspecified atom stereocenters. The van der Waals surface area contributed by atoms with Crippen molar-refractivity contribution in [3.63, 3.8) is 0 Å². The fourth-order valence-electron chi connectivity index (χ4n) is 4.16. The Balaban J connectivity index is -0.000000688. The molecular formula is C36H62O4Sr. The molecule has 0 radical (unpaired) electrons. The van der Waals surface area contributed by atoms with E-state index in [-0.39, 0.29) is 58.3 Å². The molecule has 0 aromatic heterocycles. The zero-order valence-electron chi connectivity index (χ0n) is 26.9. The maximum Gasteiger partial charge on any atom is 2.00 e. The summed E-state index contributed by atoms with van der Waals surface area (Å²) in [7, 11) is 0. The normalized spacial score (nSPS) is 11.4. The SMILES string of the molecule is CCCCC/C=C\C/C=C\CCCCCCCC(=O)[O-].CCCCC/C=C\C/C=C\CCCCCCCC(=O)[O-].[Sr+2]. The number of aliphatic carboxylic acids is 2. The van der Waals surface area contributed by atoms with Gasteiger partial charge in [0.2, 0.25) is 0 Å². The molecule has 41 heavy (non-hydrogen) atoms. The largest absolute Gasteiger partial charge is 2.00 e. The van der Waals surface area contributed by atoms with Gasteiger partial charge in [0, 0.05) is 11.9 Å². The minimum atomic E-state index is -0.921. The van der Waals surface area contributed by atoms with Crippen molar-refractivity contribution in [1.82, 2.24) is 0 Å². The molecule has 0 aliphatic heterocycles. The minimum absolute atomic E-state index is 0. The molecule has 0 aliphatic carbocycles. The van der Waals surface area contributed by atoms with E-state index in [2.05, 4.69) is 62.5 Å². The van der Waals surface area contributed by atoms with E-state index in [0.29, 0.717) is 0 Å². The number of carbonyl (C=O) groups excluding carboxylic acids is 2. The summed E-state index contributed by atoms with van der Waals surface area (Å²) in [5.74, 6) is -1.84. The van der Waals surface area contributed by atoms with Crippen molar-refractivity contribution in [3.05, 3.63) is 48.6 Å². The molecular weight excluding hydrogens is 584 g/mol. The van der Waals surface area contributed by atoms with E-state index in [1.807, 2.05) is 0 Å². The molecule has 0 amide bonds. The molecule has 0 saturated heterocycles. The van der Waals surface area contributed by atoms with Gasteiger partial charge in [-0.05, 0) is 89.9 Å². The third kappa shape index (κ3) is 49.4. The molecule has 0 atom stereocenters. The van der Waals surface area contributed by atoms with Crippen LogP contribution in [-0.2, 0) is 9.59 Å². The van der Waals surface area contributed by atoms with Crippen LogP contribution in [0, 0.1) is 0 Å². The van der Waals surface area contributed by atoms with Crippen molar-refractivity contribution in [3.8, 4) is 0 Å². The van der Waals surface area contributed by atoms with E-state index in [1.54, 1.807) is 0 Å². The molecule has 0 aliphatic rings. The summed E-state index contributed by atoms with van der Waals surface area (Å²) < 4.78 is 0. The third-order valence-electron chi connectivity index (χ3n) is 6.66. The van der Waals surface area contributed by atoms with E-state index in [1.165, 1.54) is 77.0 Å². The average molecular weight is 647 g/mol. The Labute approximate surface area is 291 Å². The van der Waals surface area contributed by atoms with Gasteiger partial charge in [0.1, 0.15) is 0 Å². The molecule has 0 N–H and O–H groups in total. The quantitative estimate of drug-likeness (QED) is 0.0484. The Morgan fingerprint density at radius 2 is 0.683 bits per heavy atom. The predicted molar refractivity (Wildman–Crippen MR) is 174 cm³/mol. The average Bonchev–Trinajstić information content (AvgIpc) is 2.93. The Morgan fingerprint density at radius 3 is 0.976 bits per heavy atom. The van der Waals surface area contributed by atoms with Crippen molar-refractivity contribution in [1.29, 1.82) is 0 Å². The number of hydrogen-bond donors (Lipinski definition) is 0. The van der Waals surface area contributed by atoms with Crippen LogP contribution < -0.4 is 10.2 Å². The first kappa shape index (κ1) is 44.8. The number of unbranched alkanes of at least 4 members (excludes halogenated alkanes) is 16. The molecule has 0 spiro atoms. The van der Waals surface area contributed by atoms with E-state index in [4.69, 9.17) is 0 Å². The Hall–Kier alpha value is -0.619. The number of hydrogen-bond acceptors (Lipinski definition) is 4. The summed E-state index contributed by atoms with van der Waals surface area (Å²) in [5, 5.41) is 20.4. The fraction of sp³-hybridized carbons (Fsp3) is 0.722. The van der Waals surface area contributed by atoms with Crippen molar-refractivity contribution in [2.75, 3.05) is 0 Å². The molecule has 0 bridgehead atoms. The number of carbonyl (C=O) groups is 2. The second kappa shape index (κ2) is 41.5. The van der Waals surface area contributed by atoms with E-state index in [0.717, 1.165) is 64.2 Å². The van der Waals surface area contributed by atoms with Gasteiger partial charge < -0.3 is 19.8 Å². The topological polar surface area (TPSA) is 80.3 Å². The van der Waals surface area contributed by atoms with Crippen molar-refractivity contribution >= 4 is 57.4 Å². The fourth-order valence-corrected chi connectivity index (χ4v) is 4.16. The van der Waals surface area contributed by atoms with Gasteiger partial charge in [-0.2, -0.15) is 0 Å². The summed E-state index contributed by atoms with van der Waals surface area (Å²) >= 11 is 0. The molecule has 0 aromatic rings. The van der Waals surface area contributed by atoms with Gasteiger partial charge in [-0.3, -0.25) is 0 Å². The minimum Gasteiger partial charge on any atom is -0.550 e. The Morgan fingerprint density at radius 1 is 0.415 bits per heavy atom. The molecule has 0 saturated carbocycles. The Kier molecular flexibility index (Phi) is 45.4. The zero-order valence-corrected chi connectivity index (χ0v) is 30.4. The molecule has 232 valence electrons. The zero-order chi connectivity index (χ0) is 29.8. The van der Waals surface area contributed by atoms with Gasteiger partial charge in [-0.1, -0.05) is 127 Å². The van der Waals surface area contributed by atoms with Crippen LogP contribution in [0.3, 0.4) is 0 Å². The van der Waals surface area contributed by atoms with Crippen LogP contribution in [-0.4, -0.2) is 57.4 Å². The third-order valence-corrected chi connectivity index (χ3v) is 6.66. The van der Waals surface area contributed by atoms with Gasteiger partial charge in [0.25, 0.3) is 0 Å². The number of allylic oxidation sites excluding steroid dienone is 8. The van der Waals surface area contributed by atoms with Crippen LogP contribution in [0.5, 0.6) is 0 Å². The van der Waals surface area contributed by atoms with Crippen LogP contribution in [0.4, 0.5) is 0 Å². The van der Waals surface area contributed by atoms with E-state index in [9.17, 15) is 19.8 Å². The first-order chi connectivity index (χ1) is 19.5. The van der Waals surface area contributed by atoms with Crippen LogP contribution in [0.1, 0.15) is 168 Å².